The summed E-state index contributed by atoms with van der Waals surface area (Å²) in [6.45, 7) is 4.03. The smallest absolute Gasteiger partial charge is 0.264 e. The Kier molecular flexibility index (Phi) is 7.32. The summed E-state index contributed by atoms with van der Waals surface area (Å²) in [6.07, 6.45) is 0. The Morgan fingerprint density at radius 3 is 2.26 bits per heavy atom. The standard InChI is InChI=1S/C25H25ClN2O3/c1-17-13-20(14-18(2)24(17)26)31-16-23(29)28(3)22-12-8-7-11-21(22)25(30)27-15-19-9-5-4-6-10-19/h4-14H,15-16H2,1-3H3,(H,27,30). The van der Waals surface area contributed by atoms with Gasteiger partial charge in [-0.25, -0.2) is 0 Å². The molecule has 3 rings (SSSR count). The number of carbonyl (C=O) groups excluding carboxylic acids is 2. The molecule has 0 aromatic heterocycles. The molecule has 31 heavy (non-hydrogen) atoms. The molecule has 0 aliphatic heterocycles. The maximum atomic E-state index is 12.8. The number of nitrogens with zero attached hydrogens (tertiary/aromatic N) is 1. The molecule has 0 saturated heterocycles. The van der Waals surface area contributed by atoms with Crippen LogP contribution in [0.25, 0.3) is 0 Å². The van der Waals surface area contributed by atoms with Crippen LogP contribution in [-0.4, -0.2) is 25.5 Å². The van der Waals surface area contributed by atoms with E-state index in [-0.39, 0.29) is 18.4 Å². The fraction of sp³-hybridized carbons (Fsp3) is 0.200. The van der Waals surface area contributed by atoms with Gasteiger partial charge in [-0.15, -0.1) is 0 Å². The number of hydrogen-bond donors (Lipinski definition) is 1. The predicted molar refractivity (Wildman–Crippen MR) is 124 cm³/mol. The molecular formula is C25H25ClN2O3. The number of para-hydroxylation sites is 1. The third kappa shape index (κ3) is 5.64. The van der Waals surface area contributed by atoms with Crippen molar-refractivity contribution in [3.63, 3.8) is 0 Å². The summed E-state index contributed by atoms with van der Waals surface area (Å²) in [7, 11) is 1.63. The van der Waals surface area contributed by atoms with Gasteiger partial charge in [0.2, 0.25) is 0 Å². The van der Waals surface area contributed by atoms with Gasteiger partial charge in [0, 0.05) is 18.6 Å². The number of ether oxygens (including phenoxy) is 1. The molecule has 160 valence electrons. The van der Waals surface area contributed by atoms with E-state index in [4.69, 9.17) is 16.3 Å². The van der Waals surface area contributed by atoms with Gasteiger partial charge >= 0.3 is 0 Å². The Balaban J connectivity index is 1.67. The number of nitrogens with one attached hydrogen (secondary N) is 1. The van der Waals surface area contributed by atoms with Gasteiger partial charge in [0.1, 0.15) is 5.75 Å². The zero-order valence-electron chi connectivity index (χ0n) is 17.8. The van der Waals surface area contributed by atoms with Gasteiger partial charge in [0.15, 0.2) is 6.61 Å². The topological polar surface area (TPSA) is 58.6 Å². The molecule has 0 bridgehead atoms. The molecule has 0 heterocycles. The highest BCUT2D eigenvalue weighted by molar-refractivity contribution is 6.32. The lowest BCUT2D eigenvalue weighted by atomic mass is 10.1. The third-order valence-corrected chi connectivity index (χ3v) is 5.55. The van der Waals surface area contributed by atoms with Crippen LogP contribution in [0.2, 0.25) is 5.02 Å². The summed E-state index contributed by atoms with van der Waals surface area (Å²) in [5.41, 5.74) is 3.72. The molecule has 5 nitrogen and oxygen atoms in total. The van der Waals surface area contributed by atoms with Crippen molar-refractivity contribution in [2.45, 2.75) is 20.4 Å². The van der Waals surface area contributed by atoms with E-state index in [2.05, 4.69) is 5.32 Å². The maximum absolute atomic E-state index is 12.8. The van der Waals surface area contributed by atoms with Crippen molar-refractivity contribution in [3.05, 3.63) is 94.0 Å². The van der Waals surface area contributed by atoms with Crippen molar-refractivity contribution in [3.8, 4) is 5.75 Å². The summed E-state index contributed by atoms with van der Waals surface area (Å²) in [5.74, 6) is 0.0626. The minimum Gasteiger partial charge on any atom is -0.484 e. The number of anilines is 1. The van der Waals surface area contributed by atoms with Gasteiger partial charge < -0.3 is 15.0 Å². The van der Waals surface area contributed by atoms with Gasteiger partial charge in [-0.05, 0) is 54.8 Å². The maximum Gasteiger partial charge on any atom is 0.264 e. The predicted octanol–water partition coefficient (Wildman–Crippen LogP) is 4.93. The van der Waals surface area contributed by atoms with E-state index < -0.39 is 0 Å². The first kappa shape index (κ1) is 22.4. The van der Waals surface area contributed by atoms with Crippen molar-refractivity contribution >= 4 is 29.1 Å². The van der Waals surface area contributed by atoms with Crippen molar-refractivity contribution in [2.75, 3.05) is 18.6 Å². The second-order valence-electron chi connectivity index (χ2n) is 7.30. The number of rotatable bonds is 7. The molecular weight excluding hydrogens is 412 g/mol. The quantitative estimate of drug-likeness (QED) is 0.571. The molecule has 0 saturated carbocycles. The molecule has 6 heteroatoms. The van der Waals surface area contributed by atoms with Gasteiger partial charge in [0.05, 0.1) is 11.3 Å². The molecule has 1 N–H and O–H groups in total. The summed E-state index contributed by atoms with van der Waals surface area (Å²) >= 11 is 6.19. The van der Waals surface area contributed by atoms with Gasteiger partial charge in [-0.1, -0.05) is 54.1 Å². The highest BCUT2D eigenvalue weighted by Crippen LogP contribution is 2.26. The van der Waals surface area contributed by atoms with E-state index in [1.165, 1.54) is 4.90 Å². The first-order valence-corrected chi connectivity index (χ1v) is 10.3. The van der Waals surface area contributed by atoms with Crippen molar-refractivity contribution in [1.29, 1.82) is 0 Å². The first-order chi connectivity index (χ1) is 14.9. The van der Waals surface area contributed by atoms with Crippen LogP contribution in [0.1, 0.15) is 27.0 Å². The normalized spacial score (nSPS) is 10.5. The van der Waals surface area contributed by atoms with E-state index in [1.54, 1.807) is 43.4 Å². The second kappa shape index (κ2) is 10.1. The average molecular weight is 437 g/mol. The number of benzene rings is 3. The van der Waals surface area contributed by atoms with E-state index in [1.807, 2.05) is 44.2 Å². The average Bonchev–Trinajstić information content (AvgIpc) is 2.79. The summed E-state index contributed by atoms with van der Waals surface area (Å²) in [6, 6.07) is 20.3. The van der Waals surface area contributed by atoms with Crippen LogP contribution in [0.4, 0.5) is 5.69 Å². The molecule has 0 radical (unpaired) electrons. The molecule has 0 aliphatic carbocycles. The Hall–Kier alpha value is -3.31. The van der Waals surface area contributed by atoms with Crippen LogP contribution >= 0.6 is 11.6 Å². The number of hydrogen-bond acceptors (Lipinski definition) is 3. The Morgan fingerprint density at radius 2 is 1.58 bits per heavy atom. The summed E-state index contributed by atoms with van der Waals surface area (Å²) < 4.78 is 5.68. The van der Waals surface area contributed by atoms with Crippen molar-refractivity contribution in [1.82, 2.24) is 5.32 Å². The lowest BCUT2D eigenvalue weighted by Gasteiger charge is -2.21. The fourth-order valence-corrected chi connectivity index (χ4v) is 3.31. The zero-order valence-corrected chi connectivity index (χ0v) is 18.6. The molecule has 2 amide bonds. The highest BCUT2D eigenvalue weighted by atomic mass is 35.5. The minimum atomic E-state index is -0.270. The highest BCUT2D eigenvalue weighted by Gasteiger charge is 2.19. The monoisotopic (exact) mass is 436 g/mol. The molecule has 0 atom stereocenters. The molecule has 3 aromatic rings. The van der Waals surface area contributed by atoms with Gasteiger partial charge in [-0.2, -0.15) is 0 Å². The van der Waals surface area contributed by atoms with Crippen LogP contribution in [-0.2, 0) is 11.3 Å². The van der Waals surface area contributed by atoms with E-state index in [9.17, 15) is 9.59 Å². The zero-order chi connectivity index (χ0) is 22.4. The number of carbonyl (C=O) groups is 2. The Labute approximate surface area is 187 Å². The van der Waals surface area contributed by atoms with Crippen LogP contribution < -0.4 is 15.0 Å². The summed E-state index contributed by atoms with van der Waals surface area (Å²) in [4.78, 5) is 26.9. The van der Waals surface area contributed by atoms with E-state index in [0.29, 0.717) is 28.6 Å². The number of likely N-dealkylation sites (N-methyl/N-ethyl adjacent to an activating group) is 1. The van der Waals surface area contributed by atoms with Crippen molar-refractivity contribution < 1.29 is 14.3 Å². The SMILES string of the molecule is Cc1cc(OCC(=O)N(C)c2ccccc2C(=O)NCc2ccccc2)cc(C)c1Cl. The van der Waals surface area contributed by atoms with Crippen LogP contribution in [0.5, 0.6) is 5.75 Å². The van der Waals surface area contributed by atoms with E-state index >= 15 is 0 Å². The van der Waals surface area contributed by atoms with Gasteiger partial charge in [-0.3, -0.25) is 9.59 Å². The molecule has 0 aliphatic rings. The molecule has 0 unspecified atom stereocenters. The largest absolute Gasteiger partial charge is 0.484 e. The van der Waals surface area contributed by atoms with Crippen LogP contribution in [0, 0.1) is 13.8 Å². The first-order valence-electron chi connectivity index (χ1n) is 9.94. The number of aryl methyl sites for hydroxylation is 2. The summed E-state index contributed by atoms with van der Waals surface area (Å²) in [5, 5.41) is 3.59. The number of halogens is 1. The van der Waals surface area contributed by atoms with Crippen LogP contribution in [0.3, 0.4) is 0 Å². The minimum absolute atomic E-state index is 0.156. The lowest BCUT2D eigenvalue weighted by Crippen LogP contribution is -2.33. The third-order valence-electron chi connectivity index (χ3n) is 4.95. The molecule has 3 aromatic carbocycles. The fourth-order valence-electron chi connectivity index (χ4n) is 3.20. The van der Waals surface area contributed by atoms with Crippen molar-refractivity contribution in [2.24, 2.45) is 0 Å². The Bertz CT molecular complexity index is 1060. The van der Waals surface area contributed by atoms with Gasteiger partial charge in [0.25, 0.3) is 11.8 Å². The van der Waals surface area contributed by atoms with E-state index in [0.717, 1.165) is 16.7 Å². The second-order valence-corrected chi connectivity index (χ2v) is 7.68. The molecule has 0 fully saturated rings. The molecule has 0 spiro atoms. The lowest BCUT2D eigenvalue weighted by molar-refractivity contribution is -0.120. The number of amides is 2. The Morgan fingerprint density at radius 1 is 0.968 bits per heavy atom. The van der Waals surface area contributed by atoms with Crippen LogP contribution in [0.15, 0.2) is 66.7 Å².